The molecule has 0 aliphatic rings. The molecule has 3 rings (SSSR count). The van der Waals surface area contributed by atoms with Gasteiger partial charge in [0.1, 0.15) is 5.82 Å². The summed E-state index contributed by atoms with van der Waals surface area (Å²) in [5.41, 5.74) is 3.45. The summed E-state index contributed by atoms with van der Waals surface area (Å²) in [6.07, 6.45) is 5.68. The van der Waals surface area contributed by atoms with Crippen LogP contribution in [0.3, 0.4) is 0 Å². The maximum Gasteiger partial charge on any atom is 0.127 e. The average molecular weight is 266 g/mol. The minimum Gasteiger partial charge on any atom is -0.367 e. The molecule has 0 spiro atoms. The van der Waals surface area contributed by atoms with E-state index >= 15 is 0 Å². The molecule has 0 amide bonds. The number of pyridine rings is 1. The summed E-state index contributed by atoms with van der Waals surface area (Å²) < 4.78 is 2.05. The minimum absolute atomic E-state index is 0.774. The number of imidazole rings is 1. The lowest BCUT2D eigenvalue weighted by molar-refractivity contribution is 0.763. The fourth-order valence-corrected chi connectivity index (χ4v) is 2.49. The third-order valence-corrected chi connectivity index (χ3v) is 3.66. The van der Waals surface area contributed by atoms with Crippen molar-refractivity contribution in [3.05, 3.63) is 54.2 Å². The highest BCUT2D eigenvalue weighted by molar-refractivity contribution is 5.93. The quantitative estimate of drug-likeness (QED) is 0.731. The van der Waals surface area contributed by atoms with Crippen LogP contribution in [0.2, 0.25) is 0 Å². The van der Waals surface area contributed by atoms with Gasteiger partial charge in [0, 0.05) is 43.8 Å². The zero-order chi connectivity index (χ0) is 14.1. The molecule has 1 aromatic carbocycles. The summed E-state index contributed by atoms with van der Waals surface area (Å²) in [6.45, 7) is 2.87. The smallest absolute Gasteiger partial charge is 0.127 e. The number of aromatic nitrogens is 3. The zero-order valence-corrected chi connectivity index (χ0v) is 12.0. The first-order valence-electron chi connectivity index (χ1n) is 6.68. The number of nitrogens with zero attached hydrogens (tertiary/aromatic N) is 4. The first-order valence-corrected chi connectivity index (χ1v) is 6.68. The van der Waals surface area contributed by atoms with E-state index in [9.17, 15) is 0 Å². The molecule has 2 heterocycles. The highest BCUT2D eigenvalue weighted by atomic mass is 15.2. The molecule has 0 aliphatic carbocycles. The molecule has 102 valence electrons. The van der Waals surface area contributed by atoms with Crippen molar-refractivity contribution in [2.24, 2.45) is 7.05 Å². The Hall–Kier alpha value is -2.36. The van der Waals surface area contributed by atoms with Gasteiger partial charge in [-0.25, -0.2) is 4.98 Å². The Bertz CT molecular complexity index is 745. The Morgan fingerprint density at radius 2 is 2.00 bits per heavy atom. The van der Waals surface area contributed by atoms with Crippen LogP contribution in [-0.4, -0.2) is 21.6 Å². The second-order valence-corrected chi connectivity index (χ2v) is 5.11. The third kappa shape index (κ3) is 2.13. The zero-order valence-electron chi connectivity index (χ0n) is 12.0. The number of hydrogen-bond donors (Lipinski definition) is 0. The van der Waals surface area contributed by atoms with E-state index in [0.29, 0.717) is 0 Å². The summed E-state index contributed by atoms with van der Waals surface area (Å²) in [6, 6.07) is 8.36. The molecule has 3 aromatic rings. The van der Waals surface area contributed by atoms with Crippen LogP contribution in [0.4, 0.5) is 5.69 Å². The second-order valence-electron chi connectivity index (χ2n) is 5.11. The van der Waals surface area contributed by atoms with Crippen molar-refractivity contribution in [1.82, 2.24) is 14.5 Å². The highest BCUT2D eigenvalue weighted by Crippen LogP contribution is 2.27. The first kappa shape index (κ1) is 12.7. The van der Waals surface area contributed by atoms with Gasteiger partial charge in [0.15, 0.2) is 0 Å². The third-order valence-electron chi connectivity index (χ3n) is 3.66. The molecule has 0 bridgehead atoms. The Balaban J connectivity index is 2.02. The number of benzene rings is 1. The van der Waals surface area contributed by atoms with E-state index in [1.807, 2.05) is 30.2 Å². The van der Waals surface area contributed by atoms with Crippen molar-refractivity contribution in [1.29, 1.82) is 0 Å². The Kier molecular flexibility index (Phi) is 3.14. The second kappa shape index (κ2) is 4.96. The van der Waals surface area contributed by atoms with Crippen molar-refractivity contribution in [3.8, 4) is 0 Å². The van der Waals surface area contributed by atoms with Gasteiger partial charge in [-0.15, -0.1) is 0 Å². The van der Waals surface area contributed by atoms with E-state index < -0.39 is 0 Å². The van der Waals surface area contributed by atoms with Crippen molar-refractivity contribution in [2.45, 2.75) is 13.5 Å². The fraction of sp³-hybridized carbons (Fsp3) is 0.250. The lowest BCUT2D eigenvalue weighted by Crippen LogP contribution is -2.19. The summed E-state index contributed by atoms with van der Waals surface area (Å²) in [7, 11) is 4.11. The van der Waals surface area contributed by atoms with Gasteiger partial charge in [0.25, 0.3) is 0 Å². The molecule has 4 nitrogen and oxygen atoms in total. The number of para-hydroxylation sites is 1. The predicted molar refractivity (Wildman–Crippen MR) is 81.8 cm³/mol. The maximum absolute atomic E-state index is 4.49. The van der Waals surface area contributed by atoms with Crippen molar-refractivity contribution in [2.75, 3.05) is 11.9 Å². The molecule has 0 atom stereocenters. The molecule has 4 heteroatoms. The lowest BCUT2D eigenvalue weighted by atomic mass is 10.1. The van der Waals surface area contributed by atoms with E-state index in [1.54, 1.807) is 0 Å². The molecule has 0 fully saturated rings. The van der Waals surface area contributed by atoms with Crippen LogP contribution in [0, 0.1) is 6.92 Å². The summed E-state index contributed by atoms with van der Waals surface area (Å²) >= 11 is 0. The first-order chi connectivity index (χ1) is 9.66. The maximum atomic E-state index is 4.49. The molecule has 0 unspecified atom stereocenters. The van der Waals surface area contributed by atoms with Gasteiger partial charge >= 0.3 is 0 Å². The monoisotopic (exact) mass is 266 g/mol. The largest absolute Gasteiger partial charge is 0.367 e. The molecule has 2 aromatic heterocycles. The van der Waals surface area contributed by atoms with E-state index in [1.165, 1.54) is 16.6 Å². The average Bonchev–Trinajstić information content (AvgIpc) is 2.84. The molecule has 0 saturated carbocycles. The van der Waals surface area contributed by atoms with Crippen molar-refractivity contribution >= 4 is 16.6 Å². The predicted octanol–water partition coefficient (Wildman–Crippen LogP) is 2.91. The van der Waals surface area contributed by atoms with Crippen LogP contribution < -0.4 is 4.90 Å². The van der Waals surface area contributed by atoms with Crippen LogP contribution in [0.5, 0.6) is 0 Å². The van der Waals surface area contributed by atoms with Gasteiger partial charge in [-0.3, -0.25) is 4.98 Å². The highest BCUT2D eigenvalue weighted by Gasteiger charge is 2.10. The van der Waals surface area contributed by atoms with Crippen LogP contribution in [0.15, 0.2) is 42.9 Å². The van der Waals surface area contributed by atoms with Crippen molar-refractivity contribution in [3.63, 3.8) is 0 Å². The molecule has 0 aliphatic heterocycles. The standard InChI is InChI=1S/C16H18N4/c1-12-5-4-6-13-14(7-8-18-16(12)13)20(3)11-15-17-9-10-19(15)2/h4-10H,11H2,1-3H3. The van der Waals surface area contributed by atoms with Gasteiger partial charge in [-0.05, 0) is 18.6 Å². The van der Waals surface area contributed by atoms with Gasteiger partial charge in [0.2, 0.25) is 0 Å². The molecule has 0 radical (unpaired) electrons. The van der Waals surface area contributed by atoms with E-state index in [-0.39, 0.29) is 0 Å². The molecule has 0 N–H and O–H groups in total. The van der Waals surface area contributed by atoms with Gasteiger partial charge < -0.3 is 9.47 Å². The van der Waals surface area contributed by atoms with Crippen LogP contribution in [0.1, 0.15) is 11.4 Å². The van der Waals surface area contributed by atoms with E-state index in [2.05, 4.69) is 53.1 Å². The number of rotatable bonds is 3. The number of aryl methyl sites for hydroxylation is 2. The fourth-order valence-electron chi connectivity index (χ4n) is 2.49. The summed E-state index contributed by atoms with van der Waals surface area (Å²) in [5.74, 6) is 1.05. The number of hydrogen-bond acceptors (Lipinski definition) is 3. The molecular formula is C16H18N4. The van der Waals surface area contributed by atoms with E-state index in [0.717, 1.165) is 17.9 Å². The van der Waals surface area contributed by atoms with Gasteiger partial charge in [-0.1, -0.05) is 18.2 Å². The SMILES string of the molecule is Cc1cccc2c(N(C)Cc3nccn3C)ccnc12. The van der Waals surface area contributed by atoms with Crippen LogP contribution in [-0.2, 0) is 13.6 Å². The Morgan fingerprint density at radius 3 is 2.75 bits per heavy atom. The summed E-state index contributed by atoms with van der Waals surface area (Å²) in [5, 5.41) is 1.18. The summed E-state index contributed by atoms with van der Waals surface area (Å²) in [4.78, 5) is 11.1. The molecular weight excluding hydrogens is 248 g/mol. The Labute approximate surface area is 118 Å². The number of anilines is 1. The van der Waals surface area contributed by atoms with Crippen LogP contribution in [0.25, 0.3) is 10.9 Å². The molecule has 20 heavy (non-hydrogen) atoms. The topological polar surface area (TPSA) is 34.0 Å². The Morgan fingerprint density at radius 1 is 1.15 bits per heavy atom. The van der Waals surface area contributed by atoms with E-state index in [4.69, 9.17) is 0 Å². The van der Waals surface area contributed by atoms with Crippen LogP contribution >= 0.6 is 0 Å². The van der Waals surface area contributed by atoms with Gasteiger partial charge in [0.05, 0.1) is 12.1 Å². The molecule has 0 saturated heterocycles. The van der Waals surface area contributed by atoms with Gasteiger partial charge in [-0.2, -0.15) is 0 Å². The lowest BCUT2D eigenvalue weighted by Gasteiger charge is -2.21. The number of fused-ring (bicyclic) bond motifs is 1. The van der Waals surface area contributed by atoms with Crippen molar-refractivity contribution < 1.29 is 0 Å². The minimum atomic E-state index is 0.774. The normalized spacial score (nSPS) is 10.9.